The predicted molar refractivity (Wildman–Crippen MR) is 78.1 cm³/mol. The molecule has 0 aliphatic carbocycles. The van der Waals surface area contributed by atoms with E-state index in [0.29, 0.717) is 5.82 Å². The summed E-state index contributed by atoms with van der Waals surface area (Å²) in [6.07, 6.45) is 1.98. The zero-order valence-electron chi connectivity index (χ0n) is 11.9. The van der Waals surface area contributed by atoms with Crippen LogP contribution in [0.4, 0.5) is 5.69 Å². The molecular formula is C14H18N6O. The van der Waals surface area contributed by atoms with Crippen LogP contribution in [0.1, 0.15) is 18.7 Å². The van der Waals surface area contributed by atoms with Gasteiger partial charge in [0.05, 0.1) is 11.6 Å². The van der Waals surface area contributed by atoms with Gasteiger partial charge in [0.2, 0.25) is 5.91 Å². The Kier molecular flexibility index (Phi) is 3.92. The molecule has 1 aromatic carbocycles. The molecule has 1 amide bonds. The summed E-state index contributed by atoms with van der Waals surface area (Å²) in [4.78, 5) is 12.2. The van der Waals surface area contributed by atoms with E-state index in [-0.39, 0.29) is 11.8 Å². The Labute approximate surface area is 122 Å². The molecule has 0 unspecified atom stereocenters. The molecule has 1 aromatic heterocycles. The number of hydrogen-bond acceptors (Lipinski definition) is 5. The van der Waals surface area contributed by atoms with Gasteiger partial charge in [0.15, 0.2) is 5.82 Å². The van der Waals surface area contributed by atoms with Gasteiger partial charge in [0.1, 0.15) is 0 Å². The minimum absolute atomic E-state index is 0.0391. The molecule has 110 valence electrons. The van der Waals surface area contributed by atoms with Gasteiger partial charge in [-0.15, -0.1) is 5.10 Å². The van der Waals surface area contributed by atoms with Crippen molar-refractivity contribution in [2.24, 2.45) is 5.92 Å². The molecule has 1 saturated heterocycles. The molecule has 1 aliphatic heterocycles. The Hall–Kier alpha value is -2.28. The first-order valence-electron chi connectivity index (χ1n) is 7.11. The molecule has 7 nitrogen and oxygen atoms in total. The standard InChI is InChI=1S/C14H18N6O/c1-10-17-18-19-20(10)13-6-2-5-12(8-13)16-14(21)11-4-3-7-15-9-11/h2,5-6,8,11,15H,3-4,7,9H2,1H3,(H,16,21)/t11-/m1/s1. The molecule has 21 heavy (non-hydrogen) atoms. The van der Waals surface area contributed by atoms with E-state index in [1.165, 1.54) is 0 Å². The molecule has 0 bridgehead atoms. The molecule has 0 saturated carbocycles. The predicted octanol–water partition coefficient (Wildman–Crippen LogP) is 0.909. The van der Waals surface area contributed by atoms with E-state index >= 15 is 0 Å². The van der Waals surface area contributed by atoms with Crippen molar-refractivity contribution in [3.63, 3.8) is 0 Å². The number of nitrogens with zero attached hydrogens (tertiary/aromatic N) is 4. The molecule has 1 aliphatic rings. The van der Waals surface area contributed by atoms with E-state index < -0.39 is 0 Å². The second-order valence-corrected chi connectivity index (χ2v) is 5.22. The lowest BCUT2D eigenvalue weighted by Gasteiger charge is -2.22. The van der Waals surface area contributed by atoms with Crippen LogP contribution in [0.2, 0.25) is 0 Å². The van der Waals surface area contributed by atoms with Gasteiger partial charge in [-0.1, -0.05) is 6.07 Å². The smallest absolute Gasteiger partial charge is 0.228 e. The van der Waals surface area contributed by atoms with Gasteiger partial charge < -0.3 is 10.6 Å². The van der Waals surface area contributed by atoms with Crippen LogP contribution in [0.3, 0.4) is 0 Å². The molecule has 1 atom stereocenters. The number of hydrogen-bond donors (Lipinski definition) is 2. The zero-order chi connectivity index (χ0) is 14.7. The molecule has 1 fully saturated rings. The van der Waals surface area contributed by atoms with Crippen molar-refractivity contribution in [2.45, 2.75) is 19.8 Å². The number of aryl methyl sites for hydroxylation is 1. The maximum atomic E-state index is 12.2. The number of piperidine rings is 1. The van der Waals surface area contributed by atoms with E-state index in [1.807, 2.05) is 31.2 Å². The van der Waals surface area contributed by atoms with Crippen LogP contribution >= 0.6 is 0 Å². The topological polar surface area (TPSA) is 84.7 Å². The number of aromatic nitrogens is 4. The summed E-state index contributed by atoms with van der Waals surface area (Å²) in [5.41, 5.74) is 1.59. The first-order valence-corrected chi connectivity index (χ1v) is 7.11. The Morgan fingerprint density at radius 3 is 3.10 bits per heavy atom. The Bertz CT molecular complexity index is 632. The average molecular weight is 286 g/mol. The lowest BCUT2D eigenvalue weighted by Crippen LogP contribution is -2.37. The molecular weight excluding hydrogens is 268 g/mol. The fourth-order valence-electron chi connectivity index (χ4n) is 2.51. The summed E-state index contributed by atoms with van der Waals surface area (Å²) in [6, 6.07) is 7.53. The van der Waals surface area contributed by atoms with Crippen molar-refractivity contribution in [2.75, 3.05) is 18.4 Å². The van der Waals surface area contributed by atoms with Crippen molar-refractivity contribution in [1.82, 2.24) is 25.5 Å². The number of nitrogens with one attached hydrogen (secondary N) is 2. The van der Waals surface area contributed by atoms with Crippen molar-refractivity contribution in [3.8, 4) is 5.69 Å². The van der Waals surface area contributed by atoms with E-state index in [2.05, 4.69) is 26.2 Å². The fourth-order valence-corrected chi connectivity index (χ4v) is 2.51. The maximum Gasteiger partial charge on any atom is 0.228 e. The molecule has 2 N–H and O–H groups in total. The zero-order valence-corrected chi connectivity index (χ0v) is 11.9. The summed E-state index contributed by atoms with van der Waals surface area (Å²) in [5.74, 6) is 0.805. The third kappa shape index (κ3) is 3.08. The van der Waals surface area contributed by atoms with Gasteiger partial charge >= 0.3 is 0 Å². The van der Waals surface area contributed by atoms with Crippen LogP contribution in [0.15, 0.2) is 24.3 Å². The van der Waals surface area contributed by atoms with Crippen LogP contribution < -0.4 is 10.6 Å². The van der Waals surface area contributed by atoms with Crippen LogP contribution in [-0.4, -0.2) is 39.2 Å². The second kappa shape index (κ2) is 6.01. The monoisotopic (exact) mass is 286 g/mol. The highest BCUT2D eigenvalue weighted by molar-refractivity contribution is 5.93. The summed E-state index contributed by atoms with van der Waals surface area (Å²) >= 11 is 0. The van der Waals surface area contributed by atoms with Gasteiger partial charge in [-0.25, -0.2) is 0 Å². The van der Waals surface area contributed by atoms with E-state index in [0.717, 1.165) is 37.3 Å². The average Bonchev–Trinajstić information content (AvgIpc) is 2.94. The van der Waals surface area contributed by atoms with E-state index in [1.54, 1.807) is 4.68 Å². The van der Waals surface area contributed by atoms with Crippen LogP contribution in [0.5, 0.6) is 0 Å². The van der Waals surface area contributed by atoms with Gasteiger partial charge in [0.25, 0.3) is 0 Å². The summed E-state index contributed by atoms with van der Waals surface area (Å²) in [6.45, 7) is 3.58. The molecule has 2 heterocycles. The van der Waals surface area contributed by atoms with Gasteiger partial charge in [-0.3, -0.25) is 4.79 Å². The Morgan fingerprint density at radius 1 is 1.48 bits per heavy atom. The van der Waals surface area contributed by atoms with Crippen molar-refractivity contribution >= 4 is 11.6 Å². The minimum Gasteiger partial charge on any atom is -0.326 e. The first-order chi connectivity index (χ1) is 10.2. The Balaban J connectivity index is 1.74. The summed E-state index contributed by atoms with van der Waals surface area (Å²) < 4.78 is 1.64. The number of amides is 1. The number of carbonyl (C=O) groups is 1. The fraction of sp³-hybridized carbons (Fsp3) is 0.429. The van der Waals surface area contributed by atoms with E-state index in [9.17, 15) is 4.79 Å². The number of anilines is 1. The quantitative estimate of drug-likeness (QED) is 0.876. The highest BCUT2D eigenvalue weighted by Gasteiger charge is 2.20. The van der Waals surface area contributed by atoms with Crippen LogP contribution in [0.25, 0.3) is 5.69 Å². The second-order valence-electron chi connectivity index (χ2n) is 5.22. The van der Waals surface area contributed by atoms with Crippen molar-refractivity contribution in [3.05, 3.63) is 30.1 Å². The maximum absolute atomic E-state index is 12.2. The number of rotatable bonds is 3. The largest absolute Gasteiger partial charge is 0.326 e. The number of benzene rings is 1. The number of tetrazole rings is 1. The molecule has 0 radical (unpaired) electrons. The van der Waals surface area contributed by atoms with Crippen LogP contribution in [0, 0.1) is 12.8 Å². The van der Waals surface area contributed by atoms with Crippen molar-refractivity contribution in [1.29, 1.82) is 0 Å². The molecule has 3 rings (SSSR count). The highest BCUT2D eigenvalue weighted by Crippen LogP contribution is 2.17. The lowest BCUT2D eigenvalue weighted by molar-refractivity contribution is -0.120. The van der Waals surface area contributed by atoms with Crippen LogP contribution in [-0.2, 0) is 4.79 Å². The summed E-state index contributed by atoms with van der Waals surface area (Å²) in [7, 11) is 0. The molecule has 2 aromatic rings. The minimum atomic E-state index is 0.0391. The third-order valence-electron chi connectivity index (χ3n) is 3.65. The molecule has 0 spiro atoms. The van der Waals surface area contributed by atoms with Gasteiger partial charge in [-0.2, -0.15) is 4.68 Å². The number of carbonyl (C=O) groups excluding carboxylic acids is 1. The Morgan fingerprint density at radius 2 is 2.38 bits per heavy atom. The SMILES string of the molecule is Cc1nnnn1-c1cccc(NC(=O)[C@@H]2CCCNC2)c1. The third-order valence-corrected chi connectivity index (χ3v) is 3.65. The van der Waals surface area contributed by atoms with Gasteiger partial charge in [0, 0.05) is 12.2 Å². The van der Waals surface area contributed by atoms with Crippen molar-refractivity contribution < 1.29 is 4.79 Å². The normalized spacial score (nSPS) is 18.4. The van der Waals surface area contributed by atoms with Gasteiger partial charge in [-0.05, 0) is 54.9 Å². The lowest BCUT2D eigenvalue weighted by atomic mass is 9.99. The van der Waals surface area contributed by atoms with E-state index in [4.69, 9.17) is 0 Å². The highest BCUT2D eigenvalue weighted by atomic mass is 16.1. The first kappa shape index (κ1) is 13.7. The molecule has 7 heteroatoms. The summed E-state index contributed by atoms with van der Waals surface area (Å²) in [5, 5.41) is 17.6.